The molecule has 3 N–H and O–H groups in total. The molecule has 0 amide bonds. The molecule has 2 rings (SSSR count). The van der Waals surface area contributed by atoms with Crippen LogP contribution in [0, 0.1) is 5.92 Å². The zero-order chi connectivity index (χ0) is 15.9. The highest BCUT2D eigenvalue weighted by Crippen LogP contribution is 2.27. The molecule has 6 heteroatoms. The normalized spacial score (nSPS) is 10.9. The van der Waals surface area contributed by atoms with Gasteiger partial charge < -0.3 is 20.2 Å². The molecule has 0 aromatic carbocycles. The second kappa shape index (κ2) is 7.68. The summed E-state index contributed by atoms with van der Waals surface area (Å²) in [6, 6.07) is 3.74. The van der Waals surface area contributed by atoms with Gasteiger partial charge in [0.1, 0.15) is 17.3 Å². The predicted molar refractivity (Wildman–Crippen MR) is 86.8 cm³/mol. The number of nitrogen functional groups attached to an aromatic ring is 1. The summed E-state index contributed by atoms with van der Waals surface area (Å²) in [7, 11) is 0. The van der Waals surface area contributed by atoms with E-state index in [0.29, 0.717) is 36.5 Å². The van der Waals surface area contributed by atoms with E-state index in [0.717, 1.165) is 24.4 Å². The van der Waals surface area contributed by atoms with Crippen LogP contribution in [0.3, 0.4) is 0 Å². The third kappa shape index (κ3) is 4.38. The highest BCUT2D eigenvalue weighted by Gasteiger charge is 2.13. The average Bonchev–Trinajstić information content (AvgIpc) is 2.99. The summed E-state index contributed by atoms with van der Waals surface area (Å²) in [6.07, 6.45) is 3.39. The molecular weight excluding hydrogens is 280 g/mol. The smallest absolute Gasteiger partial charge is 0.242 e. The van der Waals surface area contributed by atoms with Crippen LogP contribution in [0.15, 0.2) is 22.8 Å². The Balaban J connectivity index is 2.18. The minimum Gasteiger partial charge on any atom is -0.476 e. The third-order valence-corrected chi connectivity index (χ3v) is 2.99. The number of nitrogens with two attached hydrogens (primary N) is 1. The number of hydrogen-bond acceptors (Lipinski definition) is 6. The zero-order valence-corrected chi connectivity index (χ0v) is 13.4. The van der Waals surface area contributed by atoms with Gasteiger partial charge in [-0.1, -0.05) is 20.8 Å². The first kappa shape index (κ1) is 16.1. The van der Waals surface area contributed by atoms with Crippen LogP contribution in [0.2, 0.25) is 0 Å². The van der Waals surface area contributed by atoms with E-state index in [4.69, 9.17) is 14.9 Å². The lowest BCUT2D eigenvalue weighted by atomic mass is 10.2. The van der Waals surface area contributed by atoms with E-state index >= 15 is 0 Å². The van der Waals surface area contributed by atoms with Gasteiger partial charge in [-0.15, -0.1) is 0 Å². The predicted octanol–water partition coefficient (Wildman–Crippen LogP) is 3.25. The number of anilines is 2. The van der Waals surface area contributed by atoms with Gasteiger partial charge in [0.15, 0.2) is 5.82 Å². The molecule has 0 spiro atoms. The van der Waals surface area contributed by atoms with Gasteiger partial charge in [-0.05, 0) is 24.5 Å². The molecule has 6 nitrogen and oxygen atoms in total. The van der Waals surface area contributed by atoms with Crippen LogP contribution >= 0.6 is 0 Å². The summed E-state index contributed by atoms with van der Waals surface area (Å²) >= 11 is 0. The lowest BCUT2D eigenvalue weighted by Crippen LogP contribution is -2.13. The highest BCUT2D eigenvalue weighted by atomic mass is 16.5. The monoisotopic (exact) mass is 304 g/mol. The first-order chi connectivity index (χ1) is 10.6. The van der Waals surface area contributed by atoms with Crippen molar-refractivity contribution in [3.63, 3.8) is 0 Å². The molecule has 0 fully saturated rings. The summed E-state index contributed by atoms with van der Waals surface area (Å²) in [6.45, 7) is 7.35. The number of nitrogens with one attached hydrogen (secondary N) is 1. The number of aromatic nitrogens is 2. The zero-order valence-electron chi connectivity index (χ0n) is 13.4. The van der Waals surface area contributed by atoms with Gasteiger partial charge in [-0.3, -0.25) is 0 Å². The Hall–Kier alpha value is -2.24. The Morgan fingerprint density at radius 2 is 2.18 bits per heavy atom. The topological polar surface area (TPSA) is 86.2 Å². The Morgan fingerprint density at radius 3 is 2.82 bits per heavy atom. The maximum atomic E-state index is 6.13. The molecule has 0 atom stereocenters. The van der Waals surface area contributed by atoms with Crippen molar-refractivity contribution >= 4 is 11.5 Å². The fraction of sp³-hybridized carbons (Fsp3) is 0.500. The van der Waals surface area contributed by atoms with Crippen molar-refractivity contribution in [2.45, 2.75) is 40.2 Å². The minimum atomic E-state index is 0.406. The summed E-state index contributed by atoms with van der Waals surface area (Å²) < 4.78 is 11.0. The van der Waals surface area contributed by atoms with E-state index in [1.807, 2.05) is 12.1 Å². The van der Waals surface area contributed by atoms with E-state index in [9.17, 15) is 0 Å². The summed E-state index contributed by atoms with van der Waals surface area (Å²) in [4.78, 5) is 8.90. The van der Waals surface area contributed by atoms with Crippen LogP contribution in [0.1, 0.15) is 38.8 Å². The number of ether oxygens (including phenoxy) is 1. The van der Waals surface area contributed by atoms with Crippen LogP contribution in [-0.2, 0) is 13.0 Å². The van der Waals surface area contributed by atoms with Crippen molar-refractivity contribution in [2.75, 3.05) is 17.7 Å². The first-order valence-corrected chi connectivity index (χ1v) is 7.65. The fourth-order valence-corrected chi connectivity index (χ4v) is 1.90. The van der Waals surface area contributed by atoms with Crippen molar-refractivity contribution in [3.05, 3.63) is 30.0 Å². The Bertz CT molecular complexity index is 582. The molecule has 0 aliphatic rings. The summed E-state index contributed by atoms with van der Waals surface area (Å²) in [5, 5.41) is 3.19. The molecule has 0 unspecified atom stereocenters. The molecule has 0 aliphatic heterocycles. The second-order valence-electron chi connectivity index (χ2n) is 5.60. The molecule has 0 saturated carbocycles. The molecule has 2 heterocycles. The van der Waals surface area contributed by atoms with E-state index in [1.54, 1.807) is 6.26 Å². The Labute approximate surface area is 131 Å². The van der Waals surface area contributed by atoms with Gasteiger partial charge in [-0.25, -0.2) is 4.98 Å². The lowest BCUT2D eigenvalue weighted by molar-refractivity contribution is 0.262. The maximum Gasteiger partial charge on any atom is 0.242 e. The Kier molecular flexibility index (Phi) is 5.63. The molecule has 0 radical (unpaired) electrons. The number of hydrogen-bond donors (Lipinski definition) is 2. The molecule has 0 bridgehead atoms. The van der Waals surface area contributed by atoms with Gasteiger partial charge in [-0.2, -0.15) is 4.98 Å². The van der Waals surface area contributed by atoms with E-state index < -0.39 is 0 Å². The molecule has 22 heavy (non-hydrogen) atoms. The van der Waals surface area contributed by atoms with Crippen molar-refractivity contribution in [2.24, 2.45) is 5.92 Å². The van der Waals surface area contributed by atoms with E-state index in [1.165, 1.54) is 0 Å². The molecular formula is C16H24N4O2. The minimum absolute atomic E-state index is 0.406. The second-order valence-corrected chi connectivity index (χ2v) is 5.60. The van der Waals surface area contributed by atoms with Gasteiger partial charge in [0.2, 0.25) is 5.88 Å². The fourth-order valence-electron chi connectivity index (χ4n) is 1.90. The largest absolute Gasteiger partial charge is 0.476 e. The highest BCUT2D eigenvalue weighted by molar-refractivity contribution is 5.66. The lowest BCUT2D eigenvalue weighted by Gasteiger charge is -2.14. The first-order valence-electron chi connectivity index (χ1n) is 7.65. The van der Waals surface area contributed by atoms with Crippen LogP contribution in [0.5, 0.6) is 5.88 Å². The number of furan rings is 1. The third-order valence-electron chi connectivity index (χ3n) is 2.99. The standard InChI is InChI=1S/C16H24N4O2/c1-4-6-13-19-15(18-9-12-7-5-8-21-12)14(17)16(20-13)22-10-11(2)3/h5,7-8,11H,4,6,9-10,17H2,1-3H3,(H,18,19,20). The van der Waals surface area contributed by atoms with Crippen LogP contribution in [0.4, 0.5) is 11.5 Å². The maximum absolute atomic E-state index is 6.13. The number of aryl methyl sites for hydroxylation is 1. The number of nitrogens with zero attached hydrogens (tertiary/aromatic N) is 2. The van der Waals surface area contributed by atoms with Crippen molar-refractivity contribution < 1.29 is 9.15 Å². The number of rotatable bonds is 8. The molecule has 0 saturated heterocycles. The van der Waals surface area contributed by atoms with Gasteiger partial charge >= 0.3 is 0 Å². The van der Waals surface area contributed by atoms with Crippen LogP contribution < -0.4 is 15.8 Å². The van der Waals surface area contributed by atoms with E-state index in [2.05, 4.69) is 36.1 Å². The van der Waals surface area contributed by atoms with Crippen molar-refractivity contribution in [1.82, 2.24) is 9.97 Å². The molecule has 120 valence electrons. The SMILES string of the molecule is CCCc1nc(NCc2ccco2)c(N)c(OCC(C)C)n1. The summed E-state index contributed by atoms with van der Waals surface area (Å²) in [5.41, 5.74) is 6.57. The van der Waals surface area contributed by atoms with Gasteiger partial charge in [0, 0.05) is 6.42 Å². The van der Waals surface area contributed by atoms with Gasteiger partial charge in [0.25, 0.3) is 0 Å². The molecule has 0 aliphatic carbocycles. The average molecular weight is 304 g/mol. The van der Waals surface area contributed by atoms with Crippen molar-refractivity contribution in [1.29, 1.82) is 0 Å². The summed E-state index contributed by atoms with van der Waals surface area (Å²) in [5.74, 6) is 3.00. The molecule has 2 aromatic rings. The van der Waals surface area contributed by atoms with Crippen LogP contribution in [0.25, 0.3) is 0 Å². The Morgan fingerprint density at radius 1 is 1.36 bits per heavy atom. The van der Waals surface area contributed by atoms with E-state index in [-0.39, 0.29) is 0 Å². The van der Waals surface area contributed by atoms with Crippen LogP contribution in [-0.4, -0.2) is 16.6 Å². The van der Waals surface area contributed by atoms with Gasteiger partial charge in [0.05, 0.1) is 19.4 Å². The quantitative estimate of drug-likeness (QED) is 0.778. The molecule has 2 aromatic heterocycles. The van der Waals surface area contributed by atoms with Crippen molar-refractivity contribution in [3.8, 4) is 5.88 Å².